The topological polar surface area (TPSA) is 97.1 Å². The molecule has 1 aromatic carbocycles. The summed E-state index contributed by atoms with van der Waals surface area (Å²) >= 11 is 0.864. The first kappa shape index (κ1) is 19.8. The molecule has 7 nitrogen and oxygen atoms in total. The summed E-state index contributed by atoms with van der Waals surface area (Å²) in [7, 11) is 0. The number of benzene rings is 1. The van der Waals surface area contributed by atoms with E-state index < -0.39 is 24.7 Å². The van der Waals surface area contributed by atoms with Gasteiger partial charge >= 0.3 is 12.2 Å². The van der Waals surface area contributed by atoms with Crippen molar-refractivity contribution in [3.63, 3.8) is 0 Å². The van der Waals surface area contributed by atoms with Gasteiger partial charge in [0, 0.05) is 5.56 Å². The van der Waals surface area contributed by atoms with Gasteiger partial charge < -0.3 is 9.73 Å². The standard InChI is InChI=1S/C15H15F3N4O3S/c1-8-3-9(2)5-10(4-8)12-21-22-14(25-12)26-6-11(23)20-13(24)19-7-15(16,17)18/h3-5H,6-7H2,1-2H3,(H2,19,20,23,24). The van der Waals surface area contributed by atoms with E-state index in [2.05, 4.69) is 10.2 Å². The van der Waals surface area contributed by atoms with Crippen molar-refractivity contribution < 1.29 is 27.2 Å². The molecule has 0 atom stereocenters. The Labute approximate surface area is 150 Å². The van der Waals surface area contributed by atoms with Gasteiger partial charge in [-0.15, -0.1) is 10.2 Å². The Hall–Kier alpha value is -2.56. The van der Waals surface area contributed by atoms with Gasteiger partial charge in [-0.25, -0.2) is 4.79 Å². The van der Waals surface area contributed by atoms with Crippen molar-refractivity contribution in [2.45, 2.75) is 25.2 Å². The summed E-state index contributed by atoms with van der Waals surface area (Å²) < 4.78 is 41.3. The molecule has 1 heterocycles. The lowest BCUT2D eigenvalue weighted by atomic mass is 10.1. The number of carbonyl (C=O) groups excluding carboxylic acids is 2. The van der Waals surface area contributed by atoms with Crippen LogP contribution >= 0.6 is 11.8 Å². The molecule has 140 valence electrons. The predicted molar refractivity (Wildman–Crippen MR) is 87.5 cm³/mol. The van der Waals surface area contributed by atoms with Gasteiger partial charge in [-0.3, -0.25) is 10.1 Å². The van der Waals surface area contributed by atoms with Crippen LogP contribution in [0.5, 0.6) is 0 Å². The number of amides is 3. The molecule has 0 bridgehead atoms. The molecule has 0 aliphatic heterocycles. The molecule has 0 spiro atoms. The molecule has 2 aromatic rings. The zero-order valence-electron chi connectivity index (χ0n) is 13.8. The number of imide groups is 1. The second-order valence-corrected chi connectivity index (χ2v) is 6.31. The van der Waals surface area contributed by atoms with Crippen molar-refractivity contribution in [2.24, 2.45) is 0 Å². The number of nitrogens with zero attached hydrogens (tertiary/aromatic N) is 2. The summed E-state index contributed by atoms with van der Waals surface area (Å²) in [6.07, 6.45) is -4.55. The maximum atomic E-state index is 12.0. The number of carbonyl (C=O) groups is 2. The number of rotatable bonds is 5. The maximum Gasteiger partial charge on any atom is 0.405 e. The summed E-state index contributed by atoms with van der Waals surface area (Å²) in [5.74, 6) is -0.781. The number of alkyl halides is 3. The Bertz CT molecular complexity index is 787. The molecule has 0 saturated heterocycles. The first-order valence-electron chi connectivity index (χ1n) is 7.32. The van der Waals surface area contributed by atoms with Gasteiger partial charge in [0.25, 0.3) is 5.22 Å². The second-order valence-electron chi connectivity index (χ2n) is 5.38. The highest BCUT2D eigenvalue weighted by Crippen LogP contribution is 2.24. The van der Waals surface area contributed by atoms with Crippen molar-refractivity contribution >= 4 is 23.7 Å². The van der Waals surface area contributed by atoms with Crippen molar-refractivity contribution in [1.29, 1.82) is 0 Å². The zero-order valence-corrected chi connectivity index (χ0v) is 14.6. The number of thioether (sulfide) groups is 1. The molecule has 2 rings (SSSR count). The van der Waals surface area contributed by atoms with E-state index in [1.54, 1.807) is 5.32 Å². The molecule has 0 radical (unpaired) electrons. The van der Waals surface area contributed by atoms with Gasteiger partial charge in [0.2, 0.25) is 11.8 Å². The monoisotopic (exact) mass is 388 g/mol. The Balaban J connectivity index is 1.85. The zero-order chi connectivity index (χ0) is 19.3. The lowest BCUT2D eigenvalue weighted by Gasteiger charge is -2.08. The number of aryl methyl sites for hydroxylation is 2. The summed E-state index contributed by atoms with van der Waals surface area (Å²) in [4.78, 5) is 22.7. The average molecular weight is 388 g/mol. The maximum absolute atomic E-state index is 12.0. The summed E-state index contributed by atoms with van der Waals surface area (Å²) in [6.45, 7) is 2.33. The van der Waals surface area contributed by atoms with Gasteiger partial charge in [-0.1, -0.05) is 29.0 Å². The van der Waals surface area contributed by atoms with Gasteiger partial charge in [0.05, 0.1) is 5.75 Å². The fourth-order valence-corrected chi connectivity index (χ4v) is 2.56. The van der Waals surface area contributed by atoms with E-state index in [0.717, 1.165) is 28.5 Å². The Kier molecular flexibility index (Phi) is 6.24. The largest absolute Gasteiger partial charge is 0.411 e. The number of aromatic nitrogens is 2. The number of hydrogen-bond acceptors (Lipinski definition) is 6. The minimum Gasteiger partial charge on any atom is -0.411 e. The smallest absolute Gasteiger partial charge is 0.405 e. The van der Waals surface area contributed by atoms with Crippen molar-refractivity contribution in [1.82, 2.24) is 20.8 Å². The molecule has 0 aliphatic carbocycles. The van der Waals surface area contributed by atoms with Crippen LogP contribution in [-0.4, -0.2) is 40.6 Å². The molecule has 11 heteroatoms. The van der Waals surface area contributed by atoms with E-state index in [1.807, 2.05) is 32.0 Å². The first-order valence-corrected chi connectivity index (χ1v) is 8.30. The number of nitrogens with one attached hydrogen (secondary N) is 2. The molecule has 2 N–H and O–H groups in total. The van der Waals surface area contributed by atoms with Gasteiger partial charge in [0.1, 0.15) is 6.54 Å². The van der Waals surface area contributed by atoms with Gasteiger partial charge in [-0.05, 0) is 26.0 Å². The lowest BCUT2D eigenvalue weighted by Crippen LogP contribution is -2.43. The number of halogens is 3. The molecule has 0 unspecified atom stereocenters. The van der Waals surface area contributed by atoms with Crippen molar-refractivity contribution in [3.05, 3.63) is 29.3 Å². The minimum absolute atomic E-state index is 0.102. The van der Waals surface area contributed by atoms with Crippen LogP contribution in [0.4, 0.5) is 18.0 Å². The van der Waals surface area contributed by atoms with Crippen LogP contribution in [0.1, 0.15) is 11.1 Å². The fraction of sp³-hybridized carbons (Fsp3) is 0.333. The lowest BCUT2D eigenvalue weighted by molar-refractivity contribution is -0.124. The Morgan fingerprint density at radius 3 is 2.42 bits per heavy atom. The third kappa shape index (κ3) is 6.39. The van der Waals surface area contributed by atoms with Crippen LogP contribution in [0, 0.1) is 13.8 Å². The molecule has 0 fully saturated rings. The van der Waals surface area contributed by atoms with E-state index in [9.17, 15) is 22.8 Å². The molecule has 0 aliphatic rings. The quantitative estimate of drug-likeness (QED) is 0.765. The summed E-state index contributed by atoms with van der Waals surface area (Å²) in [5.41, 5.74) is 2.78. The van der Waals surface area contributed by atoms with Crippen molar-refractivity contribution in [3.8, 4) is 11.5 Å². The Morgan fingerprint density at radius 2 is 1.81 bits per heavy atom. The van der Waals surface area contributed by atoms with E-state index in [0.29, 0.717) is 0 Å². The van der Waals surface area contributed by atoms with Crippen LogP contribution in [-0.2, 0) is 4.79 Å². The van der Waals surface area contributed by atoms with Gasteiger partial charge in [-0.2, -0.15) is 13.2 Å². The number of urea groups is 1. The van der Waals surface area contributed by atoms with Gasteiger partial charge in [0.15, 0.2) is 0 Å². The SMILES string of the molecule is Cc1cc(C)cc(-c2nnc(SCC(=O)NC(=O)NCC(F)(F)F)o2)c1. The number of hydrogen-bond donors (Lipinski definition) is 2. The predicted octanol–water partition coefficient (Wildman–Crippen LogP) is 2.83. The minimum atomic E-state index is -4.55. The van der Waals surface area contributed by atoms with Crippen LogP contribution in [0.15, 0.2) is 27.8 Å². The second kappa shape index (κ2) is 8.21. The highest BCUT2D eigenvalue weighted by Gasteiger charge is 2.28. The molecular formula is C15H15F3N4O3S. The summed E-state index contributed by atoms with van der Waals surface area (Å²) in [5, 5.41) is 11.1. The van der Waals surface area contributed by atoms with Crippen LogP contribution in [0.2, 0.25) is 0 Å². The fourth-order valence-electron chi connectivity index (χ4n) is 2.00. The van der Waals surface area contributed by atoms with Crippen LogP contribution < -0.4 is 10.6 Å². The normalized spacial score (nSPS) is 11.3. The molecule has 3 amide bonds. The highest BCUT2D eigenvalue weighted by molar-refractivity contribution is 7.99. The van der Waals surface area contributed by atoms with E-state index in [-0.39, 0.29) is 16.9 Å². The van der Waals surface area contributed by atoms with E-state index in [4.69, 9.17) is 4.42 Å². The van der Waals surface area contributed by atoms with Crippen LogP contribution in [0.3, 0.4) is 0 Å². The first-order chi connectivity index (χ1) is 12.1. The summed E-state index contributed by atoms with van der Waals surface area (Å²) in [6, 6.07) is 4.50. The third-order valence-electron chi connectivity index (χ3n) is 2.90. The molecule has 1 aromatic heterocycles. The third-order valence-corrected chi connectivity index (χ3v) is 3.72. The highest BCUT2D eigenvalue weighted by atomic mass is 32.2. The molecule has 0 saturated carbocycles. The van der Waals surface area contributed by atoms with E-state index >= 15 is 0 Å². The Morgan fingerprint density at radius 1 is 1.15 bits per heavy atom. The average Bonchev–Trinajstić information content (AvgIpc) is 2.98. The van der Waals surface area contributed by atoms with Crippen molar-refractivity contribution in [2.75, 3.05) is 12.3 Å². The molecule has 26 heavy (non-hydrogen) atoms. The molecular weight excluding hydrogens is 373 g/mol. The van der Waals surface area contributed by atoms with Crippen LogP contribution in [0.25, 0.3) is 11.5 Å². The van der Waals surface area contributed by atoms with E-state index in [1.165, 1.54) is 5.32 Å².